The molecule has 23 heavy (non-hydrogen) atoms. The van der Waals surface area contributed by atoms with Crippen LogP contribution in [0, 0.1) is 6.92 Å². The van der Waals surface area contributed by atoms with Gasteiger partial charge in [-0.15, -0.1) is 11.3 Å². The first-order valence-electron chi connectivity index (χ1n) is 7.81. The predicted molar refractivity (Wildman–Crippen MR) is 95.6 cm³/mol. The Morgan fingerprint density at radius 1 is 1.22 bits per heavy atom. The highest BCUT2D eigenvalue weighted by atomic mass is 35.5. The number of halogens is 1. The van der Waals surface area contributed by atoms with E-state index in [4.69, 9.17) is 11.6 Å². The van der Waals surface area contributed by atoms with Crippen molar-refractivity contribution >= 4 is 33.0 Å². The summed E-state index contributed by atoms with van der Waals surface area (Å²) in [5.41, 5.74) is 1.17. The average Bonchev–Trinajstić information content (AvgIpc) is 2.80. The van der Waals surface area contributed by atoms with E-state index in [0.717, 1.165) is 30.6 Å². The summed E-state index contributed by atoms with van der Waals surface area (Å²) in [5, 5.41) is 2.49. The Labute approximate surface area is 147 Å². The number of sulfonamides is 1. The van der Waals surface area contributed by atoms with Crippen LogP contribution in [0.5, 0.6) is 0 Å². The summed E-state index contributed by atoms with van der Waals surface area (Å²) < 4.78 is 28.0. The largest absolute Gasteiger partial charge is 0.243 e. The summed E-state index contributed by atoms with van der Waals surface area (Å²) in [5.74, 6) is 0. The van der Waals surface area contributed by atoms with Gasteiger partial charge in [-0.05, 0) is 55.0 Å². The molecule has 1 aromatic heterocycles. The molecule has 3 nitrogen and oxygen atoms in total. The van der Waals surface area contributed by atoms with Gasteiger partial charge in [0.1, 0.15) is 0 Å². The van der Waals surface area contributed by atoms with Crippen LogP contribution >= 0.6 is 22.9 Å². The van der Waals surface area contributed by atoms with E-state index < -0.39 is 10.0 Å². The fraction of sp³-hybridized carbons (Fsp3) is 0.412. The van der Waals surface area contributed by atoms with Crippen molar-refractivity contribution in [1.82, 2.24) is 4.31 Å². The van der Waals surface area contributed by atoms with Crippen molar-refractivity contribution in [2.45, 2.75) is 43.5 Å². The van der Waals surface area contributed by atoms with Crippen LogP contribution in [0.2, 0.25) is 5.02 Å². The monoisotopic (exact) mass is 369 g/mol. The van der Waals surface area contributed by atoms with Gasteiger partial charge in [-0.25, -0.2) is 8.42 Å². The van der Waals surface area contributed by atoms with Gasteiger partial charge in [0.05, 0.1) is 10.9 Å². The number of hydrogen-bond acceptors (Lipinski definition) is 3. The first kappa shape index (κ1) is 17.0. The second kappa shape index (κ2) is 6.93. The molecule has 2 heterocycles. The topological polar surface area (TPSA) is 37.4 Å². The van der Waals surface area contributed by atoms with E-state index in [9.17, 15) is 8.42 Å². The van der Waals surface area contributed by atoms with Crippen molar-refractivity contribution in [1.29, 1.82) is 0 Å². The van der Waals surface area contributed by atoms with Gasteiger partial charge >= 0.3 is 0 Å². The maximum atomic E-state index is 13.2. The zero-order valence-electron chi connectivity index (χ0n) is 13.0. The molecule has 1 saturated heterocycles. The zero-order chi connectivity index (χ0) is 16.4. The molecule has 1 fully saturated rings. The lowest BCUT2D eigenvalue weighted by molar-refractivity contribution is 0.332. The number of aryl methyl sites for hydroxylation is 1. The highest BCUT2D eigenvalue weighted by Gasteiger charge is 2.34. The Kier molecular flexibility index (Phi) is 5.11. The van der Waals surface area contributed by atoms with Gasteiger partial charge in [0.25, 0.3) is 0 Å². The molecule has 0 N–H and O–H groups in total. The molecule has 0 spiro atoms. The van der Waals surface area contributed by atoms with Crippen molar-refractivity contribution in [3.05, 3.63) is 51.2 Å². The molecular weight excluding hydrogens is 350 g/mol. The molecule has 0 amide bonds. The van der Waals surface area contributed by atoms with Crippen molar-refractivity contribution < 1.29 is 8.42 Å². The maximum absolute atomic E-state index is 13.2. The highest BCUT2D eigenvalue weighted by molar-refractivity contribution is 7.89. The standard InChI is InChI=1S/C17H20ClNO2S2/c1-13-9-11-22-17(13)16-8-3-2-4-10-19(16)23(20,21)15-7-5-6-14(18)12-15/h5-7,9,11-12,16H,2-4,8,10H2,1H3/t16-/m0/s1. The van der Waals surface area contributed by atoms with Crippen LogP contribution < -0.4 is 0 Å². The first-order valence-corrected chi connectivity index (χ1v) is 10.5. The third kappa shape index (κ3) is 3.48. The number of benzene rings is 1. The quantitative estimate of drug-likeness (QED) is 0.762. The SMILES string of the molecule is Cc1ccsc1[C@@H]1CCCCCN1S(=O)(=O)c1cccc(Cl)c1. The predicted octanol–water partition coefficient (Wildman–Crippen LogP) is 5.02. The Hall–Kier alpha value is -0.880. The van der Waals surface area contributed by atoms with Crippen LogP contribution in [0.25, 0.3) is 0 Å². The van der Waals surface area contributed by atoms with Crippen molar-refractivity contribution in [2.75, 3.05) is 6.54 Å². The molecule has 1 aliphatic heterocycles. The number of rotatable bonds is 3. The first-order chi connectivity index (χ1) is 11.0. The Bertz CT molecular complexity index is 785. The minimum absolute atomic E-state index is 0.0681. The van der Waals surface area contributed by atoms with Crippen LogP contribution in [0.3, 0.4) is 0 Å². The molecule has 1 atom stereocenters. The van der Waals surface area contributed by atoms with E-state index >= 15 is 0 Å². The summed E-state index contributed by atoms with van der Waals surface area (Å²) in [7, 11) is -3.54. The lowest BCUT2D eigenvalue weighted by Crippen LogP contribution is -2.34. The Balaban J connectivity index is 2.04. The summed E-state index contributed by atoms with van der Waals surface area (Å²) >= 11 is 7.65. The molecule has 0 saturated carbocycles. The van der Waals surface area contributed by atoms with Gasteiger partial charge in [0.15, 0.2) is 0 Å². The molecule has 2 aromatic rings. The fourth-order valence-electron chi connectivity index (χ4n) is 3.12. The molecular formula is C17H20ClNO2S2. The smallest absolute Gasteiger partial charge is 0.207 e. The number of thiophene rings is 1. The molecule has 124 valence electrons. The maximum Gasteiger partial charge on any atom is 0.243 e. The molecule has 3 rings (SSSR count). The van der Waals surface area contributed by atoms with E-state index in [-0.39, 0.29) is 10.9 Å². The lowest BCUT2D eigenvalue weighted by Gasteiger charge is -2.29. The highest BCUT2D eigenvalue weighted by Crippen LogP contribution is 2.38. The minimum atomic E-state index is -3.54. The summed E-state index contributed by atoms with van der Waals surface area (Å²) in [6.45, 7) is 2.62. The van der Waals surface area contributed by atoms with Crippen LogP contribution in [0.4, 0.5) is 0 Å². The summed E-state index contributed by atoms with van der Waals surface area (Å²) in [6.07, 6.45) is 3.91. The van der Waals surface area contributed by atoms with E-state index in [0.29, 0.717) is 11.6 Å². The van der Waals surface area contributed by atoms with Crippen molar-refractivity contribution in [3.8, 4) is 0 Å². The average molecular weight is 370 g/mol. The lowest BCUT2D eigenvalue weighted by atomic mass is 10.1. The Morgan fingerprint density at radius 2 is 2.04 bits per heavy atom. The summed E-state index contributed by atoms with van der Waals surface area (Å²) in [6, 6.07) is 8.56. The molecule has 0 bridgehead atoms. The molecule has 0 aliphatic carbocycles. The van der Waals surface area contributed by atoms with Crippen LogP contribution in [-0.2, 0) is 10.0 Å². The Morgan fingerprint density at radius 3 is 2.74 bits per heavy atom. The fourth-order valence-corrected chi connectivity index (χ4v) is 6.23. The van der Waals surface area contributed by atoms with Gasteiger partial charge in [-0.1, -0.05) is 30.5 Å². The number of hydrogen-bond donors (Lipinski definition) is 0. The molecule has 6 heteroatoms. The zero-order valence-corrected chi connectivity index (χ0v) is 15.4. The number of nitrogens with zero attached hydrogens (tertiary/aromatic N) is 1. The van der Waals surface area contributed by atoms with Gasteiger partial charge in [0.2, 0.25) is 10.0 Å². The third-order valence-corrected chi connectivity index (χ3v) is 7.57. The van der Waals surface area contributed by atoms with Gasteiger partial charge in [-0.3, -0.25) is 0 Å². The van der Waals surface area contributed by atoms with Crippen LogP contribution in [0.1, 0.15) is 42.2 Å². The van der Waals surface area contributed by atoms with E-state index in [1.165, 1.54) is 5.56 Å². The molecule has 1 aromatic carbocycles. The normalized spacial score (nSPS) is 20.3. The van der Waals surface area contributed by atoms with Gasteiger partial charge in [-0.2, -0.15) is 4.31 Å². The van der Waals surface area contributed by atoms with Gasteiger partial charge < -0.3 is 0 Å². The molecule has 1 aliphatic rings. The third-order valence-electron chi connectivity index (χ3n) is 4.31. The molecule has 0 unspecified atom stereocenters. The minimum Gasteiger partial charge on any atom is -0.207 e. The van der Waals surface area contributed by atoms with E-state index in [1.807, 2.05) is 5.38 Å². The second-order valence-electron chi connectivity index (χ2n) is 5.91. The van der Waals surface area contributed by atoms with E-state index in [1.54, 1.807) is 39.9 Å². The van der Waals surface area contributed by atoms with Crippen molar-refractivity contribution in [3.63, 3.8) is 0 Å². The van der Waals surface area contributed by atoms with E-state index in [2.05, 4.69) is 13.0 Å². The van der Waals surface area contributed by atoms with Crippen LogP contribution in [-0.4, -0.2) is 19.3 Å². The summed E-state index contributed by atoms with van der Waals surface area (Å²) in [4.78, 5) is 1.45. The van der Waals surface area contributed by atoms with Gasteiger partial charge in [0, 0.05) is 16.4 Å². The second-order valence-corrected chi connectivity index (χ2v) is 9.18. The van der Waals surface area contributed by atoms with Crippen molar-refractivity contribution in [2.24, 2.45) is 0 Å². The van der Waals surface area contributed by atoms with Crippen LogP contribution in [0.15, 0.2) is 40.6 Å². The molecule has 0 radical (unpaired) electrons.